The van der Waals surface area contributed by atoms with E-state index in [0.29, 0.717) is 13.0 Å². The second kappa shape index (κ2) is 7.79. The number of hydrogen-bond acceptors (Lipinski definition) is 4. The van der Waals surface area contributed by atoms with Crippen molar-refractivity contribution in [2.45, 2.75) is 11.8 Å². The number of pyridine rings is 1. The molecule has 19 heavy (non-hydrogen) atoms. The summed E-state index contributed by atoms with van der Waals surface area (Å²) in [5, 5.41) is -0.342. The molecule has 0 saturated heterocycles. The van der Waals surface area contributed by atoms with E-state index in [9.17, 15) is 8.42 Å². The predicted molar refractivity (Wildman–Crippen MR) is 75.9 cm³/mol. The van der Waals surface area contributed by atoms with Crippen LogP contribution in [-0.4, -0.2) is 56.1 Å². The molecule has 1 heterocycles. The first-order valence-corrected chi connectivity index (χ1v) is 7.96. The maximum atomic E-state index is 12.1. The van der Waals surface area contributed by atoms with Crippen molar-refractivity contribution in [3.63, 3.8) is 0 Å². The van der Waals surface area contributed by atoms with Crippen LogP contribution < -0.4 is 0 Å². The molecule has 0 aliphatic carbocycles. The van der Waals surface area contributed by atoms with E-state index < -0.39 is 10.0 Å². The number of halogens is 1. The van der Waals surface area contributed by atoms with Gasteiger partial charge in [0, 0.05) is 33.1 Å². The lowest BCUT2D eigenvalue weighted by Crippen LogP contribution is -2.35. The van der Waals surface area contributed by atoms with Gasteiger partial charge >= 0.3 is 0 Å². The van der Waals surface area contributed by atoms with Gasteiger partial charge in [-0.2, -0.15) is 0 Å². The van der Waals surface area contributed by atoms with Crippen molar-refractivity contribution < 1.29 is 13.2 Å². The summed E-state index contributed by atoms with van der Waals surface area (Å²) in [5.41, 5.74) is 0.950. The normalized spacial score (nSPS) is 13.7. The van der Waals surface area contributed by atoms with Crippen molar-refractivity contribution in [1.82, 2.24) is 9.29 Å². The zero-order valence-corrected chi connectivity index (χ0v) is 12.7. The monoisotopic (exact) mass is 306 g/mol. The number of alkyl halides is 1. The van der Waals surface area contributed by atoms with Crippen LogP contribution in [0.1, 0.15) is 5.56 Å². The number of rotatable bonds is 8. The molecule has 108 valence electrons. The number of aromatic nitrogens is 1. The Morgan fingerprint density at radius 1 is 1.42 bits per heavy atom. The number of hydrogen-bond donors (Lipinski definition) is 0. The molecule has 1 aromatic heterocycles. The van der Waals surface area contributed by atoms with Crippen molar-refractivity contribution in [1.29, 1.82) is 0 Å². The Bertz CT molecular complexity index is 467. The fraction of sp³-hybridized carbons (Fsp3) is 0.583. The van der Waals surface area contributed by atoms with Crippen LogP contribution in [0.25, 0.3) is 0 Å². The molecule has 7 heteroatoms. The van der Waals surface area contributed by atoms with Crippen LogP contribution in [0.4, 0.5) is 0 Å². The van der Waals surface area contributed by atoms with Gasteiger partial charge in [0.2, 0.25) is 10.0 Å². The van der Waals surface area contributed by atoms with E-state index in [0.717, 1.165) is 5.56 Å². The number of aryl methyl sites for hydroxylation is 1. The first kappa shape index (κ1) is 16.4. The fourth-order valence-corrected chi connectivity index (χ4v) is 3.21. The van der Waals surface area contributed by atoms with Gasteiger partial charge in [0.25, 0.3) is 0 Å². The zero-order valence-electron chi connectivity index (χ0n) is 11.1. The largest absolute Gasteiger partial charge is 0.383 e. The van der Waals surface area contributed by atoms with Crippen LogP contribution in [0, 0.1) is 0 Å². The summed E-state index contributed by atoms with van der Waals surface area (Å²) in [6.45, 7) is 0.569. The zero-order chi connectivity index (χ0) is 14.3. The van der Waals surface area contributed by atoms with E-state index in [-0.39, 0.29) is 17.7 Å². The predicted octanol–water partition coefficient (Wildman–Crippen LogP) is 1.14. The molecule has 1 atom stereocenters. The van der Waals surface area contributed by atoms with Gasteiger partial charge in [-0.3, -0.25) is 4.98 Å². The van der Waals surface area contributed by atoms with Gasteiger partial charge in [0.05, 0.1) is 17.7 Å². The van der Waals surface area contributed by atoms with Crippen LogP contribution >= 0.6 is 11.6 Å². The molecule has 0 fully saturated rings. The van der Waals surface area contributed by atoms with Gasteiger partial charge in [-0.15, -0.1) is 11.6 Å². The average molecular weight is 307 g/mol. The Labute approximate surface area is 119 Å². The summed E-state index contributed by atoms with van der Waals surface area (Å²) >= 11 is 5.96. The molecule has 0 aliphatic heterocycles. The van der Waals surface area contributed by atoms with Crippen molar-refractivity contribution in [3.8, 4) is 0 Å². The molecular weight excluding hydrogens is 288 g/mol. The molecule has 0 saturated carbocycles. The van der Waals surface area contributed by atoms with E-state index in [2.05, 4.69) is 4.98 Å². The minimum Gasteiger partial charge on any atom is -0.383 e. The first-order valence-electron chi connectivity index (χ1n) is 5.91. The highest BCUT2D eigenvalue weighted by atomic mass is 35.5. The molecule has 0 aromatic carbocycles. The van der Waals surface area contributed by atoms with Crippen LogP contribution in [-0.2, 0) is 21.2 Å². The van der Waals surface area contributed by atoms with Crippen molar-refractivity contribution >= 4 is 21.6 Å². The van der Waals surface area contributed by atoms with Crippen LogP contribution in [0.5, 0.6) is 0 Å². The van der Waals surface area contributed by atoms with E-state index in [1.54, 1.807) is 12.4 Å². The molecular formula is C12H19ClN2O3S. The second-order valence-electron chi connectivity index (χ2n) is 4.25. The Morgan fingerprint density at radius 3 is 2.63 bits per heavy atom. The van der Waals surface area contributed by atoms with E-state index in [4.69, 9.17) is 16.3 Å². The summed E-state index contributed by atoms with van der Waals surface area (Å²) in [5.74, 6) is 0.0596. The van der Waals surface area contributed by atoms with Crippen molar-refractivity contribution in [2.75, 3.05) is 33.1 Å². The summed E-state index contributed by atoms with van der Waals surface area (Å²) in [4.78, 5) is 3.89. The number of methoxy groups -OCH3 is 1. The SMILES string of the molecule is COCC(Cl)CN(C)S(=O)(=O)CCc1ccncc1. The van der Waals surface area contributed by atoms with Gasteiger partial charge in [-0.05, 0) is 24.1 Å². The smallest absolute Gasteiger partial charge is 0.214 e. The summed E-state index contributed by atoms with van der Waals surface area (Å²) < 4.78 is 30.3. The van der Waals surface area contributed by atoms with Crippen molar-refractivity contribution in [2.24, 2.45) is 0 Å². The third kappa shape index (κ3) is 5.86. The molecule has 0 bridgehead atoms. The van der Waals surface area contributed by atoms with Gasteiger partial charge in [-0.25, -0.2) is 12.7 Å². The molecule has 0 N–H and O–H groups in total. The van der Waals surface area contributed by atoms with Gasteiger partial charge in [0.1, 0.15) is 0 Å². The Hall–Kier alpha value is -0.690. The third-order valence-corrected chi connectivity index (χ3v) is 4.76. The Kier molecular flexibility index (Phi) is 6.71. The quantitative estimate of drug-likeness (QED) is 0.676. The van der Waals surface area contributed by atoms with Crippen molar-refractivity contribution in [3.05, 3.63) is 30.1 Å². The van der Waals surface area contributed by atoms with E-state index >= 15 is 0 Å². The lowest BCUT2D eigenvalue weighted by Gasteiger charge is -2.19. The lowest BCUT2D eigenvalue weighted by atomic mass is 10.2. The highest BCUT2D eigenvalue weighted by Crippen LogP contribution is 2.07. The van der Waals surface area contributed by atoms with Gasteiger partial charge < -0.3 is 4.74 Å². The summed E-state index contributed by atoms with van der Waals surface area (Å²) in [6.07, 6.45) is 3.77. The lowest BCUT2D eigenvalue weighted by molar-refractivity contribution is 0.192. The molecule has 1 rings (SSSR count). The molecule has 1 unspecified atom stereocenters. The second-order valence-corrected chi connectivity index (χ2v) is 7.07. The van der Waals surface area contributed by atoms with Crippen LogP contribution in [0.15, 0.2) is 24.5 Å². The molecule has 0 amide bonds. The standard InChI is InChI=1S/C12H19ClN2O3S/c1-15(9-12(13)10-18-2)19(16,17)8-5-11-3-6-14-7-4-11/h3-4,6-7,12H,5,8-10H2,1-2H3. The molecule has 0 aliphatic rings. The van der Waals surface area contributed by atoms with Gasteiger partial charge in [-0.1, -0.05) is 0 Å². The maximum Gasteiger partial charge on any atom is 0.214 e. The highest BCUT2D eigenvalue weighted by Gasteiger charge is 2.20. The summed E-state index contributed by atoms with van der Waals surface area (Å²) in [7, 11) is -0.229. The number of ether oxygens (including phenoxy) is 1. The Morgan fingerprint density at radius 2 is 2.05 bits per heavy atom. The minimum atomic E-state index is -3.30. The molecule has 1 aromatic rings. The van der Waals surface area contributed by atoms with Crippen LogP contribution in [0.3, 0.4) is 0 Å². The van der Waals surface area contributed by atoms with E-state index in [1.807, 2.05) is 12.1 Å². The minimum absolute atomic E-state index is 0.0596. The van der Waals surface area contributed by atoms with E-state index in [1.165, 1.54) is 18.5 Å². The Balaban J connectivity index is 2.51. The average Bonchev–Trinajstić information content (AvgIpc) is 2.38. The number of sulfonamides is 1. The molecule has 5 nitrogen and oxygen atoms in total. The maximum absolute atomic E-state index is 12.1. The third-order valence-electron chi connectivity index (χ3n) is 2.68. The fourth-order valence-electron chi connectivity index (χ4n) is 1.58. The highest BCUT2D eigenvalue weighted by molar-refractivity contribution is 7.89. The van der Waals surface area contributed by atoms with Gasteiger partial charge in [0.15, 0.2) is 0 Å². The molecule has 0 spiro atoms. The topological polar surface area (TPSA) is 59.5 Å². The van der Waals surface area contributed by atoms with Crippen LogP contribution in [0.2, 0.25) is 0 Å². The first-order chi connectivity index (χ1) is 8.95. The molecule has 0 radical (unpaired) electrons. The number of nitrogens with zero attached hydrogens (tertiary/aromatic N) is 2. The summed E-state index contributed by atoms with van der Waals surface area (Å²) in [6, 6.07) is 3.62.